The zero-order valence-electron chi connectivity index (χ0n) is 31.6. The predicted molar refractivity (Wildman–Crippen MR) is 194 cm³/mol. The molecule has 49 heavy (non-hydrogen) atoms. The Morgan fingerprint density at radius 1 is 0.469 bits per heavy atom. The minimum atomic E-state index is -0.767. The third-order valence-electron chi connectivity index (χ3n) is 7.06. The molecule has 2 rings (SSSR count). The van der Waals surface area contributed by atoms with Gasteiger partial charge in [0.05, 0.1) is 66.1 Å². The summed E-state index contributed by atoms with van der Waals surface area (Å²) in [6.45, 7) is 32.0. The SMILES string of the molecule is C=C(C)COCCOc1c(OCC)cc(C(C)(C)c2cc(OCC)c(OCCOCC(=C)C)c(OCC)c2OCC)c(OCC)c1OCC. The molecule has 0 atom stereocenters. The maximum Gasteiger partial charge on any atom is 0.207 e. The van der Waals surface area contributed by atoms with Crippen LogP contribution in [0.5, 0.6) is 46.0 Å². The minimum absolute atomic E-state index is 0.283. The van der Waals surface area contributed by atoms with Gasteiger partial charge in [0, 0.05) is 16.5 Å². The van der Waals surface area contributed by atoms with E-state index in [0.29, 0.717) is 112 Å². The highest BCUT2D eigenvalue weighted by Gasteiger charge is 2.38. The Bertz CT molecular complexity index is 1230. The molecule has 0 saturated heterocycles. The second-order valence-electron chi connectivity index (χ2n) is 11.8. The molecular formula is C39H60O10. The van der Waals surface area contributed by atoms with E-state index in [9.17, 15) is 0 Å². The van der Waals surface area contributed by atoms with Crippen molar-refractivity contribution < 1.29 is 47.4 Å². The molecule has 0 N–H and O–H groups in total. The molecular weight excluding hydrogens is 628 g/mol. The van der Waals surface area contributed by atoms with Gasteiger partial charge in [0.2, 0.25) is 23.0 Å². The van der Waals surface area contributed by atoms with E-state index >= 15 is 0 Å². The second-order valence-corrected chi connectivity index (χ2v) is 11.8. The van der Waals surface area contributed by atoms with E-state index in [-0.39, 0.29) is 13.2 Å². The molecule has 0 heterocycles. The van der Waals surface area contributed by atoms with Gasteiger partial charge in [0.15, 0.2) is 23.0 Å². The fourth-order valence-electron chi connectivity index (χ4n) is 5.10. The maximum absolute atomic E-state index is 6.38. The summed E-state index contributed by atoms with van der Waals surface area (Å²) in [5.74, 6) is 3.98. The Hall–Kier alpha value is -3.76. The summed E-state index contributed by atoms with van der Waals surface area (Å²) in [5, 5.41) is 0. The van der Waals surface area contributed by atoms with Crippen molar-refractivity contribution in [2.75, 3.05) is 79.3 Å². The molecule has 0 aromatic heterocycles. The first-order valence-electron chi connectivity index (χ1n) is 17.4. The van der Waals surface area contributed by atoms with Crippen LogP contribution in [0.2, 0.25) is 0 Å². The van der Waals surface area contributed by atoms with E-state index in [1.54, 1.807) is 0 Å². The van der Waals surface area contributed by atoms with Gasteiger partial charge in [-0.15, -0.1) is 0 Å². The second kappa shape index (κ2) is 21.4. The van der Waals surface area contributed by atoms with E-state index in [1.807, 2.05) is 67.5 Å². The van der Waals surface area contributed by atoms with Crippen LogP contribution < -0.4 is 37.9 Å². The van der Waals surface area contributed by atoms with Crippen LogP contribution in [0.3, 0.4) is 0 Å². The first-order chi connectivity index (χ1) is 23.5. The normalized spacial score (nSPS) is 11.1. The standard InChI is InChI=1S/C39H60O10/c1-13-42-31-23-29(33(44-15-3)37(46-17-5)35(31)48-21-19-40-25-27(7)8)39(11,12)30-24-32(43-14-2)36(49-22-20-41-26-28(9)10)38(47-18-6)34(30)45-16-4/h23-24H,7,9,13-22,25-26H2,1-6,8,10-12H3. The number of rotatable bonds is 26. The topological polar surface area (TPSA) is 92.3 Å². The van der Waals surface area contributed by atoms with Crippen molar-refractivity contribution in [3.05, 3.63) is 47.6 Å². The van der Waals surface area contributed by atoms with Gasteiger partial charge in [-0.1, -0.05) is 38.2 Å². The average molecular weight is 689 g/mol. The fraction of sp³-hybridized carbons (Fsp3) is 0.590. The zero-order chi connectivity index (χ0) is 36.4. The lowest BCUT2D eigenvalue weighted by Crippen LogP contribution is -2.24. The van der Waals surface area contributed by atoms with Crippen molar-refractivity contribution in [2.45, 2.75) is 74.7 Å². The first kappa shape index (κ1) is 41.4. The number of hydrogen-bond acceptors (Lipinski definition) is 10. The summed E-state index contributed by atoms with van der Waals surface area (Å²) in [7, 11) is 0. The molecule has 0 aliphatic heterocycles. The van der Waals surface area contributed by atoms with Gasteiger partial charge < -0.3 is 47.4 Å². The third-order valence-corrected chi connectivity index (χ3v) is 7.06. The smallest absolute Gasteiger partial charge is 0.207 e. The molecule has 276 valence electrons. The maximum atomic E-state index is 6.38. The van der Waals surface area contributed by atoms with Crippen molar-refractivity contribution in [3.63, 3.8) is 0 Å². The van der Waals surface area contributed by atoms with Gasteiger partial charge in [-0.25, -0.2) is 0 Å². The van der Waals surface area contributed by atoms with E-state index in [4.69, 9.17) is 47.4 Å². The van der Waals surface area contributed by atoms with Crippen LogP contribution in [0.15, 0.2) is 36.4 Å². The van der Waals surface area contributed by atoms with Crippen molar-refractivity contribution in [3.8, 4) is 46.0 Å². The molecule has 2 aromatic carbocycles. The Balaban J connectivity index is 2.85. The number of ether oxygens (including phenoxy) is 10. The van der Waals surface area contributed by atoms with Crippen molar-refractivity contribution >= 4 is 0 Å². The molecule has 0 aliphatic rings. The highest BCUT2D eigenvalue weighted by Crippen LogP contribution is 2.56. The zero-order valence-corrected chi connectivity index (χ0v) is 31.6. The lowest BCUT2D eigenvalue weighted by molar-refractivity contribution is 0.112. The van der Waals surface area contributed by atoms with Crippen LogP contribution in [0.25, 0.3) is 0 Å². The van der Waals surface area contributed by atoms with Crippen LogP contribution in [-0.4, -0.2) is 79.3 Å². The molecule has 0 spiro atoms. The molecule has 0 bridgehead atoms. The van der Waals surface area contributed by atoms with Gasteiger partial charge in [0.1, 0.15) is 13.2 Å². The van der Waals surface area contributed by atoms with Gasteiger partial charge in [0.25, 0.3) is 0 Å². The van der Waals surface area contributed by atoms with E-state index in [0.717, 1.165) is 22.3 Å². The van der Waals surface area contributed by atoms with Crippen LogP contribution in [-0.2, 0) is 14.9 Å². The van der Waals surface area contributed by atoms with Crippen molar-refractivity contribution in [1.82, 2.24) is 0 Å². The molecule has 0 saturated carbocycles. The van der Waals surface area contributed by atoms with Gasteiger partial charge in [-0.3, -0.25) is 0 Å². The van der Waals surface area contributed by atoms with Crippen LogP contribution in [0.4, 0.5) is 0 Å². The summed E-state index contributed by atoms with van der Waals surface area (Å²) in [5.41, 5.74) is 2.72. The Kier molecular flexibility index (Phi) is 18.0. The predicted octanol–water partition coefficient (Wildman–Crippen LogP) is 8.35. The third kappa shape index (κ3) is 11.7. The van der Waals surface area contributed by atoms with Crippen LogP contribution in [0.1, 0.15) is 80.4 Å². The summed E-state index contributed by atoms with van der Waals surface area (Å²) in [6, 6.07) is 3.92. The van der Waals surface area contributed by atoms with Gasteiger partial charge >= 0.3 is 0 Å². The lowest BCUT2D eigenvalue weighted by Gasteiger charge is -2.33. The number of benzene rings is 2. The highest BCUT2D eigenvalue weighted by atomic mass is 16.6. The molecule has 0 fully saturated rings. The van der Waals surface area contributed by atoms with Crippen LogP contribution in [0, 0.1) is 0 Å². The fourth-order valence-corrected chi connectivity index (χ4v) is 5.10. The Morgan fingerprint density at radius 3 is 1.10 bits per heavy atom. The molecule has 2 aromatic rings. The van der Waals surface area contributed by atoms with E-state index in [1.165, 1.54) is 0 Å². The number of hydrogen-bond donors (Lipinski definition) is 0. The lowest BCUT2D eigenvalue weighted by atomic mass is 9.76. The quantitative estimate of drug-likeness (QED) is 0.0709. The molecule has 10 heteroatoms. The summed E-state index contributed by atoms with van der Waals surface area (Å²) >= 11 is 0. The monoisotopic (exact) mass is 688 g/mol. The molecule has 0 amide bonds. The first-order valence-corrected chi connectivity index (χ1v) is 17.4. The van der Waals surface area contributed by atoms with Crippen LogP contribution >= 0.6 is 0 Å². The summed E-state index contributed by atoms with van der Waals surface area (Å²) in [4.78, 5) is 0. The van der Waals surface area contributed by atoms with E-state index < -0.39 is 5.41 Å². The Labute approximate surface area is 294 Å². The van der Waals surface area contributed by atoms with Crippen molar-refractivity contribution in [2.24, 2.45) is 0 Å². The highest BCUT2D eigenvalue weighted by molar-refractivity contribution is 5.70. The average Bonchev–Trinajstić information content (AvgIpc) is 3.04. The minimum Gasteiger partial charge on any atom is -0.490 e. The van der Waals surface area contributed by atoms with Crippen molar-refractivity contribution in [1.29, 1.82) is 0 Å². The largest absolute Gasteiger partial charge is 0.490 e. The van der Waals surface area contributed by atoms with Gasteiger partial charge in [-0.05, 0) is 67.5 Å². The molecule has 0 unspecified atom stereocenters. The molecule has 0 aliphatic carbocycles. The Morgan fingerprint density at radius 2 is 0.796 bits per heavy atom. The van der Waals surface area contributed by atoms with Gasteiger partial charge in [-0.2, -0.15) is 0 Å². The molecule has 0 radical (unpaired) electrons. The summed E-state index contributed by atoms with van der Waals surface area (Å²) < 4.78 is 61.6. The summed E-state index contributed by atoms with van der Waals surface area (Å²) in [6.07, 6.45) is 0. The molecule has 10 nitrogen and oxygen atoms in total. The van der Waals surface area contributed by atoms with E-state index in [2.05, 4.69) is 27.0 Å².